The summed E-state index contributed by atoms with van der Waals surface area (Å²) in [6, 6.07) is 14.7. The minimum Gasteiger partial charge on any atom is -0.475 e. The van der Waals surface area contributed by atoms with Crippen LogP contribution in [0.1, 0.15) is 21.9 Å². The number of aromatic nitrogens is 2. The van der Waals surface area contributed by atoms with Crippen LogP contribution in [0, 0.1) is 6.92 Å². The van der Waals surface area contributed by atoms with Gasteiger partial charge in [0.25, 0.3) is 5.56 Å². The van der Waals surface area contributed by atoms with Crippen LogP contribution >= 0.6 is 22.7 Å². The van der Waals surface area contributed by atoms with Crippen LogP contribution in [0.5, 0.6) is 0 Å². The lowest BCUT2D eigenvalue weighted by atomic mass is 10.1. The lowest BCUT2D eigenvalue weighted by molar-refractivity contribution is 0.0660. The molecule has 31 heavy (non-hydrogen) atoms. The third-order valence-corrected chi connectivity index (χ3v) is 6.72. The zero-order valence-electron chi connectivity index (χ0n) is 16.4. The number of carboxylic acids is 1. The first-order valence-electron chi connectivity index (χ1n) is 9.46. The SMILES string of the molecule is Cc1cccc(-c2nc3scc(-c4cccs4)c3c(=O)n2Cc2ccc(C(=O)O)o2)c1. The molecule has 1 N–H and O–H groups in total. The third kappa shape index (κ3) is 3.49. The second-order valence-electron chi connectivity index (χ2n) is 7.07. The summed E-state index contributed by atoms with van der Waals surface area (Å²) in [7, 11) is 0. The van der Waals surface area contributed by atoms with Gasteiger partial charge in [0.1, 0.15) is 16.4 Å². The fraction of sp³-hybridized carbons (Fsp3) is 0.0870. The van der Waals surface area contributed by atoms with Gasteiger partial charge in [-0.05, 0) is 36.6 Å². The third-order valence-electron chi connectivity index (χ3n) is 4.94. The van der Waals surface area contributed by atoms with Crippen LogP contribution in [0.15, 0.2) is 68.5 Å². The van der Waals surface area contributed by atoms with E-state index in [1.165, 1.54) is 17.4 Å². The van der Waals surface area contributed by atoms with Gasteiger partial charge in [-0.2, -0.15) is 0 Å². The van der Waals surface area contributed by atoms with E-state index in [-0.39, 0.29) is 17.9 Å². The second kappa shape index (κ2) is 7.64. The smallest absolute Gasteiger partial charge is 0.371 e. The van der Waals surface area contributed by atoms with Gasteiger partial charge in [-0.3, -0.25) is 9.36 Å². The molecule has 0 fully saturated rings. The Labute approximate surface area is 184 Å². The average Bonchev–Trinajstić information content (AvgIpc) is 3.50. The van der Waals surface area contributed by atoms with Crippen LogP contribution in [0.25, 0.3) is 32.0 Å². The molecule has 5 rings (SSSR count). The Bertz CT molecular complexity index is 1480. The van der Waals surface area contributed by atoms with E-state index in [0.29, 0.717) is 21.8 Å². The molecular weight excluding hydrogens is 432 g/mol. The molecule has 0 radical (unpaired) electrons. The minimum absolute atomic E-state index is 0.0814. The largest absolute Gasteiger partial charge is 0.475 e. The van der Waals surface area contributed by atoms with E-state index in [2.05, 4.69) is 0 Å². The summed E-state index contributed by atoms with van der Waals surface area (Å²) in [4.78, 5) is 31.4. The van der Waals surface area contributed by atoms with E-state index < -0.39 is 5.97 Å². The highest BCUT2D eigenvalue weighted by Gasteiger charge is 2.20. The zero-order chi connectivity index (χ0) is 21.5. The first-order valence-corrected chi connectivity index (χ1v) is 11.2. The predicted octanol–water partition coefficient (Wildman–Crippen LogP) is 5.50. The van der Waals surface area contributed by atoms with Gasteiger partial charge in [-0.25, -0.2) is 9.78 Å². The number of hydrogen-bond acceptors (Lipinski definition) is 6. The first-order chi connectivity index (χ1) is 15.0. The van der Waals surface area contributed by atoms with E-state index >= 15 is 0 Å². The van der Waals surface area contributed by atoms with Crippen molar-refractivity contribution in [2.45, 2.75) is 13.5 Å². The molecule has 6 nitrogen and oxygen atoms in total. The fourth-order valence-electron chi connectivity index (χ4n) is 3.52. The molecule has 0 spiro atoms. The predicted molar refractivity (Wildman–Crippen MR) is 122 cm³/mol. The minimum atomic E-state index is -1.15. The monoisotopic (exact) mass is 448 g/mol. The Morgan fingerprint density at radius 1 is 1.16 bits per heavy atom. The lowest BCUT2D eigenvalue weighted by Crippen LogP contribution is -2.23. The summed E-state index contributed by atoms with van der Waals surface area (Å²) in [5.74, 6) is -0.413. The van der Waals surface area contributed by atoms with Crippen LogP contribution in [0.2, 0.25) is 0 Å². The molecule has 0 saturated carbocycles. The maximum Gasteiger partial charge on any atom is 0.371 e. The number of nitrogens with zero attached hydrogens (tertiary/aromatic N) is 2. The average molecular weight is 449 g/mol. The standard InChI is InChI=1S/C23H16N2O4S2/c1-13-4-2-5-14(10-13)20-24-21-19(16(12-31-21)18-6-3-9-30-18)22(26)25(20)11-15-7-8-17(29-15)23(27)28/h2-10,12H,11H2,1H3,(H,27,28). The van der Waals surface area contributed by atoms with Crippen molar-refractivity contribution < 1.29 is 14.3 Å². The van der Waals surface area contributed by atoms with E-state index in [9.17, 15) is 9.59 Å². The normalized spacial score (nSPS) is 11.3. The van der Waals surface area contributed by atoms with Crippen LogP contribution < -0.4 is 5.56 Å². The molecule has 154 valence electrons. The van der Waals surface area contributed by atoms with Gasteiger partial charge in [-0.1, -0.05) is 29.8 Å². The van der Waals surface area contributed by atoms with Crippen molar-refractivity contribution in [1.82, 2.24) is 9.55 Å². The van der Waals surface area contributed by atoms with E-state index in [4.69, 9.17) is 14.5 Å². The molecule has 0 aliphatic rings. The maximum atomic E-state index is 13.7. The number of furan rings is 1. The summed E-state index contributed by atoms with van der Waals surface area (Å²) in [5, 5.41) is 13.7. The summed E-state index contributed by atoms with van der Waals surface area (Å²) in [6.45, 7) is 2.06. The summed E-state index contributed by atoms with van der Waals surface area (Å²) >= 11 is 3.01. The molecule has 0 aliphatic carbocycles. The highest BCUT2D eigenvalue weighted by atomic mass is 32.1. The number of carboxylic acid groups (broad SMARTS) is 1. The maximum absolute atomic E-state index is 13.7. The van der Waals surface area contributed by atoms with Gasteiger partial charge in [0.05, 0.1) is 11.9 Å². The van der Waals surface area contributed by atoms with Gasteiger partial charge >= 0.3 is 5.97 Å². The van der Waals surface area contributed by atoms with Crippen molar-refractivity contribution in [3.05, 3.63) is 86.7 Å². The molecule has 1 aromatic carbocycles. The Morgan fingerprint density at radius 2 is 2.03 bits per heavy atom. The Morgan fingerprint density at radius 3 is 2.74 bits per heavy atom. The van der Waals surface area contributed by atoms with Crippen LogP contribution in [-0.4, -0.2) is 20.6 Å². The van der Waals surface area contributed by atoms with Gasteiger partial charge in [-0.15, -0.1) is 22.7 Å². The highest BCUT2D eigenvalue weighted by Crippen LogP contribution is 2.35. The van der Waals surface area contributed by atoms with Gasteiger partial charge in [0.15, 0.2) is 0 Å². The molecule has 0 bridgehead atoms. The van der Waals surface area contributed by atoms with Crippen LogP contribution in [0.3, 0.4) is 0 Å². The van der Waals surface area contributed by atoms with Crippen LogP contribution in [-0.2, 0) is 6.54 Å². The fourth-order valence-corrected chi connectivity index (χ4v) is 5.27. The number of carbonyl (C=O) groups is 1. The topological polar surface area (TPSA) is 85.3 Å². The Balaban J connectivity index is 1.75. The number of hydrogen-bond donors (Lipinski definition) is 1. The molecule has 0 unspecified atom stereocenters. The summed E-state index contributed by atoms with van der Waals surface area (Å²) < 4.78 is 6.99. The molecule has 0 saturated heterocycles. The number of benzene rings is 1. The highest BCUT2D eigenvalue weighted by molar-refractivity contribution is 7.18. The zero-order valence-corrected chi connectivity index (χ0v) is 18.0. The molecule has 4 aromatic heterocycles. The number of aromatic carboxylic acids is 1. The van der Waals surface area contributed by atoms with E-state index in [0.717, 1.165) is 21.6 Å². The summed E-state index contributed by atoms with van der Waals surface area (Å²) in [6.07, 6.45) is 0. The Kier molecular flexibility index (Phi) is 4.80. The van der Waals surface area contributed by atoms with Crippen molar-refractivity contribution in [2.24, 2.45) is 0 Å². The van der Waals surface area contributed by atoms with E-state index in [1.54, 1.807) is 22.0 Å². The number of thiophene rings is 2. The Hall–Kier alpha value is -3.49. The van der Waals surface area contributed by atoms with Gasteiger partial charge in [0, 0.05) is 21.4 Å². The molecule has 0 atom stereocenters. The summed E-state index contributed by atoms with van der Waals surface area (Å²) in [5.41, 5.74) is 2.55. The molecule has 0 aliphatic heterocycles. The quantitative estimate of drug-likeness (QED) is 0.384. The van der Waals surface area contributed by atoms with Gasteiger partial charge in [0.2, 0.25) is 5.76 Å². The number of rotatable bonds is 5. The number of aryl methyl sites for hydroxylation is 1. The molecular formula is C23H16N2O4S2. The molecule has 5 aromatic rings. The number of fused-ring (bicyclic) bond motifs is 1. The first kappa shape index (κ1) is 19.5. The molecule has 4 heterocycles. The van der Waals surface area contributed by atoms with Crippen molar-refractivity contribution in [3.63, 3.8) is 0 Å². The van der Waals surface area contributed by atoms with Gasteiger partial charge < -0.3 is 9.52 Å². The van der Waals surface area contributed by atoms with Crippen molar-refractivity contribution in [3.8, 4) is 21.8 Å². The van der Waals surface area contributed by atoms with Crippen molar-refractivity contribution in [1.29, 1.82) is 0 Å². The van der Waals surface area contributed by atoms with Crippen molar-refractivity contribution >= 4 is 38.9 Å². The van der Waals surface area contributed by atoms with Crippen molar-refractivity contribution in [2.75, 3.05) is 0 Å². The molecule has 8 heteroatoms. The lowest BCUT2D eigenvalue weighted by Gasteiger charge is -2.12. The second-order valence-corrected chi connectivity index (χ2v) is 8.88. The van der Waals surface area contributed by atoms with Crippen LogP contribution in [0.4, 0.5) is 0 Å². The molecule has 0 amide bonds. The van der Waals surface area contributed by atoms with E-state index in [1.807, 2.05) is 54.1 Å².